The highest BCUT2D eigenvalue weighted by Crippen LogP contribution is 2.37. The molecule has 0 N–H and O–H groups in total. The fraction of sp³-hybridized carbons (Fsp3) is 0.333. The molecule has 0 aliphatic carbocycles. The highest BCUT2D eigenvalue weighted by Gasteiger charge is 2.31. The molecular weight excluding hydrogens is 261 g/mol. The molecule has 0 atom stereocenters. The summed E-state index contributed by atoms with van der Waals surface area (Å²) in [6.45, 7) is 1.59. The molecular formula is C9H8BrF3O. The van der Waals surface area contributed by atoms with Gasteiger partial charge in [-0.05, 0) is 40.5 Å². The minimum Gasteiger partial charge on any atom is -0.496 e. The number of halogens is 4. The lowest BCUT2D eigenvalue weighted by molar-refractivity contribution is -0.137. The van der Waals surface area contributed by atoms with Crippen LogP contribution in [0.15, 0.2) is 16.6 Å². The van der Waals surface area contributed by atoms with E-state index in [1.165, 1.54) is 7.11 Å². The van der Waals surface area contributed by atoms with Crippen LogP contribution in [0.4, 0.5) is 13.2 Å². The smallest absolute Gasteiger partial charge is 0.416 e. The van der Waals surface area contributed by atoms with Crippen LogP contribution >= 0.6 is 15.9 Å². The van der Waals surface area contributed by atoms with E-state index in [-0.39, 0.29) is 5.75 Å². The van der Waals surface area contributed by atoms with E-state index < -0.39 is 11.7 Å². The molecule has 0 unspecified atom stereocenters. The Morgan fingerprint density at radius 1 is 1.29 bits per heavy atom. The van der Waals surface area contributed by atoms with E-state index in [4.69, 9.17) is 4.74 Å². The molecule has 1 aromatic rings. The first-order valence-corrected chi connectivity index (χ1v) is 4.57. The molecule has 1 nitrogen and oxygen atoms in total. The van der Waals surface area contributed by atoms with Crippen molar-refractivity contribution in [3.05, 3.63) is 27.7 Å². The maximum atomic E-state index is 12.3. The van der Waals surface area contributed by atoms with E-state index in [0.717, 1.165) is 12.1 Å². The topological polar surface area (TPSA) is 9.23 Å². The summed E-state index contributed by atoms with van der Waals surface area (Å²) in [7, 11) is 1.33. The summed E-state index contributed by atoms with van der Waals surface area (Å²) in [6, 6.07) is 2.05. The first kappa shape index (κ1) is 11.4. The van der Waals surface area contributed by atoms with Crippen LogP contribution in [0.25, 0.3) is 0 Å². The second-order valence-corrected chi connectivity index (χ2v) is 3.60. The normalized spacial score (nSPS) is 11.6. The lowest BCUT2D eigenvalue weighted by Gasteiger charge is -2.11. The monoisotopic (exact) mass is 268 g/mol. The van der Waals surface area contributed by atoms with Gasteiger partial charge in [0.15, 0.2) is 0 Å². The van der Waals surface area contributed by atoms with Crippen LogP contribution < -0.4 is 4.74 Å². The second-order valence-electron chi connectivity index (χ2n) is 2.81. The Morgan fingerprint density at radius 3 is 2.29 bits per heavy atom. The third-order valence-electron chi connectivity index (χ3n) is 1.77. The van der Waals surface area contributed by atoms with Gasteiger partial charge in [-0.1, -0.05) is 0 Å². The van der Waals surface area contributed by atoms with Crippen molar-refractivity contribution in [2.24, 2.45) is 0 Å². The summed E-state index contributed by atoms with van der Waals surface area (Å²) >= 11 is 3.15. The summed E-state index contributed by atoms with van der Waals surface area (Å²) in [5.74, 6) is 0.192. The van der Waals surface area contributed by atoms with Crippen LogP contribution in [-0.2, 0) is 6.18 Å². The number of hydrogen-bond donors (Lipinski definition) is 0. The lowest BCUT2D eigenvalue weighted by Crippen LogP contribution is -2.06. The van der Waals surface area contributed by atoms with Crippen LogP contribution in [0, 0.1) is 6.92 Å². The summed E-state index contributed by atoms with van der Waals surface area (Å²) in [6.07, 6.45) is -4.33. The molecule has 0 aromatic heterocycles. The van der Waals surface area contributed by atoms with Crippen LogP contribution in [0.1, 0.15) is 11.1 Å². The number of rotatable bonds is 1. The van der Waals surface area contributed by atoms with Crippen molar-refractivity contribution in [2.45, 2.75) is 13.1 Å². The van der Waals surface area contributed by atoms with E-state index in [0.29, 0.717) is 10.0 Å². The van der Waals surface area contributed by atoms with Gasteiger partial charge in [-0.3, -0.25) is 0 Å². The molecule has 0 saturated heterocycles. The SMILES string of the molecule is COc1cc(C(F)(F)F)cc(C)c1Br. The summed E-state index contributed by atoms with van der Waals surface area (Å²) in [4.78, 5) is 0. The Bertz CT molecular complexity index is 347. The van der Waals surface area contributed by atoms with Gasteiger partial charge < -0.3 is 4.74 Å². The first-order valence-electron chi connectivity index (χ1n) is 3.77. The maximum Gasteiger partial charge on any atom is 0.416 e. The Kier molecular flexibility index (Phi) is 3.09. The molecule has 0 fully saturated rings. The van der Waals surface area contributed by atoms with Gasteiger partial charge in [0.1, 0.15) is 5.75 Å². The van der Waals surface area contributed by atoms with Crippen molar-refractivity contribution >= 4 is 15.9 Å². The zero-order chi connectivity index (χ0) is 10.9. The van der Waals surface area contributed by atoms with E-state index >= 15 is 0 Å². The van der Waals surface area contributed by atoms with E-state index in [2.05, 4.69) is 15.9 Å². The first-order chi connectivity index (χ1) is 6.36. The molecule has 0 amide bonds. The molecule has 0 aliphatic heterocycles. The fourth-order valence-corrected chi connectivity index (χ4v) is 1.44. The van der Waals surface area contributed by atoms with Crippen molar-refractivity contribution in [2.75, 3.05) is 7.11 Å². The lowest BCUT2D eigenvalue weighted by atomic mass is 10.1. The predicted molar refractivity (Wildman–Crippen MR) is 50.4 cm³/mol. The minimum absolute atomic E-state index is 0.192. The summed E-state index contributed by atoms with van der Waals surface area (Å²) in [5.41, 5.74) is -0.202. The van der Waals surface area contributed by atoms with Crippen molar-refractivity contribution in [3.8, 4) is 5.75 Å². The van der Waals surface area contributed by atoms with E-state index in [1.807, 2.05) is 0 Å². The molecule has 0 spiro atoms. The summed E-state index contributed by atoms with van der Waals surface area (Å²) in [5, 5.41) is 0. The second kappa shape index (κ2) is 3.81. The Morgan fingerprint density at radius 2 is 1.86 bits per heavy atom. The zero-order valence-electron chi connectivity index (χ0n) is 7.57. The molecule has 5 heteroatoms. The molecule has 14 heavy (non-hydrogen) atoms. The fourth-order valence-electron chi connectivity index (χ4n) is 1.05. The van der Waals surface area contributed by atoms with Gasteiger partial charge in [-0.2, -0.15) is 13.2 Å². The average Bonchev–Trinajstić information content (AvgIpc) is 2.07. The highest BCUT2D eigenvalue weighted by atomic mass is 79.9. The van der Waals surface area contributed by atoms with Crippen molar-refractivity contribution in [1.29, 1.82) is 0 Å². The minimum atomic E-state index is -4.33. The Labute approximate surface area is 88.0 Å². The summed E-state index contributed by atoms with van der Waals surface area (Å²) < 4.78 is 42.4. The molecule has 0 heterocycles. The number of ether oxygens (including phenoxy) is 1. The van der Waals surface area contributed by atoms with Gasteiger partial charge in [0.2, 0.25) is 0 Å². The Balaban J connectivity index is 3.30. The van der Waals surface area contributed by atoms with Crippen molar-refractivity contribution in [3.63, 3.8) is 0 Å². The third-order valence-corrected chi connectivity index (χ3v) is 2.78. The number of hydrogen-bond acceptors (Lipinski definition) is 1. The maximum absolute atomic E-state index is 12.3. The predicted octanol–water partition coefficient (Wildman–Crippen LogP) is 3.78. The molecule has 78 valence electrons. The molecule has 1 rings (SSSR count). The number of methoxy groups -OCH3 is 1. The molecule has 0 aliphatic rings. The number of alkyl halides is 3. The molecule has 0 saturated carbocycles. The number of aryl methyl sites for hydroxylation is 1. The standard InChI is InChI=1S/C9H8BrF3O/c1-5-3-6(9(11,12)13)4-7(14-2)8(5)10/h3-4H,1-2H3. The third kappa shape index (κ3) is 2.20. The quantitative estimate of drug-likeness (QED) is 0.753. The van der Waals surface area contributed by atoms with Crippen molar-refractivity contribution in [1.82, 2.24) is 0 Å². The Hall–Kier alpha value is -0.710. The highest BCUT2D eigenvalue weighted by molar-refractivity contribution is 9.10. The van der Waals surface area contributed by atoms with Gasteiger partial charge in [-0.25, -0.2) is 0 Å². The van der Waals surface area contributed by atoms with Gasteiger partial charge in [0, 0.05) is 0 Å². The van der Waals surface area contributed by atoms with Gasteiger partial charge >= 0.3 is 6.18 Å². The largest absolute Gasteiger partial charge is 0.496 e. The zero-order valence-corrected chi connectivity index (χ0v) is 9.16. The van der Waals surface area contributed by atoms with Gasteiger partial charge in [0.05, 0.1) is 17.1 Å². The van der Waals surface area contributed by atoms with Crippen LogP contribution in [0.3, 0.4) is 0 Å². The molecule has 0 bridgehead atoms. The van der Waals surface area contributed by atoms with Gasteiger partial charge in [0.25, 0.3) is 0 Å². The van der Waals surface area contributed by atoms with Crippen LogP contribution in [0.2, 0.25) is 0 Å². The number of benzene rings is 1. The van der Waals surface area contributed by atoms with Gasteiger partial charge in [-0.15, -0.1) is 0 Å². The van der Waals surface area contributed by atoms with E-state index in [1.54, 1.807) is 6.92 Å². The molecule has 0 radical (unpaired) electrons. The van der Waals surface area contributed by atoms with Crippen molar-refractivity contribution < 1.29 is 17.9 Å². The van der Waals surface area contributed by atoms with Crippen LogP contribution in [-0.4, -0.2) is 7.11 Å². The van der Waals surface area contributed by atoms with E-state index in [9.17, 15) is 13.2 Å². The average molecular weight is 269 g/mol. The molecule has 1 aromatic carbocycles. The van der Waals surface area contributed by atoms with Crippen LogP contribution in [0.5, 0.6) is 5.75 Å².